The Labute approximate surface area is 256 Å². The van der Waals surface area contributed by atoms with E-state index in [2.05, 4.69) is 20.8 Å². The lowest BCUT2D eigenvalue weighted by molar-refractivity contribution is -0.858. The lowest BCUT2D eigenvalue weighted by Gasteiger charge is -2.29. The highest BCUT2D eigenvalue weighted by molar-refractivity contribution is 5.76. The second-order valence-electron chi connectivity index (χ2n) is 13.0. The highest BCUT2D eigenvalue weighted by Gasteiger charge is 2.37. The smallest absolute Gasteiger partial charge is 0.312 e. The van der Waals surface area contributed by atoms with E-state index in [4.69, 9.17) is 24.5 Å². The number of rotatable bonds is 10. The summed E-state index contributed by atoms with van der Waals surface area (Å²) >= 11 is 0. The van der Waals surface area contributed by atoms with Crippen LogP contribution < -0.4 is 10.0 Å². The number of likely N-dealkylation sites (N-methyl/N-ethyl adjacent to an activating group) is 1. The van der Waals surface area contributed by atoms with Crippen LogP contribution in [0.2, 0.25) is 0 Å². The fourth-order valence-electron chi connectivity index (χ4n) is 3.46. The lowest BCUT2D eigenvalue weighted by atomic mass is 9.90. The van der Waals surface area contributed by atoms with Crippen LogP contribution in [-0.4, -0.2) is 55.9 Å². The van der Waals surface area contributed by atoms with Crippen LogP contribution in [0.3, 0.4) is 0 Å². The summed E-state index contributed by atoms with van der Waals surface area (Å²) in [5.41, 5.74) is 0.460. The Balaban J connectivity index is 0. The average molecular weight is 596 g/mol. The predicted molar refractivity (Wildman–Crippen MR) is 167 cm³/mol. The number of esters is 2. The summed E-state index contributed by atoms with van der Waals surface area (Å²) in [4.78, 5) is 33.5. The molecule has 1 aromatic rings. The van der Waals surface area contributed by atoms with Gasteiger partial charge in [0.2, 0.25) is 0 Å². The molecule has 1 unspecified atom stereocenters. The van der Waals surface area contributed by atoms with Gasteiger partial charge in [0.05, 0.1) is 24.9 Å². The zero-order valence-corrected chi connectivity index (χ0v) is 28.6. The lowest BCUT2D eigenvalue weighted by Crippen LogP contribution is -3.06. The highest BCUT2D eigenvalue weighted by atomic mass is 16.6. The van der Waals surface area contributed by atoms with Gasteiger partial charge in [0, 0.05) is 5.97 Å². The van der Waals surface area contributed by atoms with E-state index in [9.17, 15) is 9.59 Å². The van der Waals surface area contributed by atoms with Gasteiger partial charge in [0.15, 0.2) is 0 Å². The summed E-state index contributed by atoms with van der Waals surface area (Å²) in [6.45, 7) is 20.5. The fraction of sp³-hybridized carbons (Fsp3) is 0.735. The first kappa shape index (κ1) is 41.5. The first-order valence-electron chi connectivity index (χ1n) is 15.4. The normalized spacial score (nSPS) is 14.6. The number of hydrogen-bond donors (Lipinski definition) is 2. The third-order valence-corrected chi connectivity index (χ3v) is 7.78. The van der Waals surface area contributed by atoms with Crippen molar-refractivity contribution < 1.29 is 39.0 Å². The molecule has 0 aromatic heterocycles. The Hall–Kier alpha value is -2.61. The van der Waals surface area contributed by atoms with Crippen LogP contribution in [0.5, 0.6) is 5.75 Å². The SMILES string of the molecule is CC(=O)[O-].CCC(C)(C)C(=O)OC1(C)CCCC1.CCC(C)(C)C(=O)OCC[NH+](C)C.CCC(C)c1ccc(O)cc1. The summed E-state index contributed by atoms with van der Waals surface area (Å²) in [7, 11) is 4.08. The quantitative estimate of drug-likeness (QED) is 0.363. The molecule has 0 saturated heterocycles. The minimum absolute atomic E-state index is 0.0376. The van der Waals surface area contributed by atoms with Crippen molar-refractivity contribution in [1.82, 2.24) is 0 Å². The summed E-state index contributed by atoms with van der Waals surface area (Å²) in [5, 5.41) is 17.9. The van der Waals surface area contributed by atoms with Gasteiger partial charge in [0.1, 0.15) is 24.5 Å². The van der Waals surface area contributed by atoms with Crippen LogP contribution in [-0.2, 0) is 23.9 Å². The van der Waals surface area contributed by atoms with E-state index in [1.165, 1.54) is 23.3 Å². The Morgan fingerprint density at radius 2 is 1.38 bits per heavy atom. The zero-order chi connectivity index (χ0) is 33.1. The van der Waals surface area contributed by atoms with Gasteiger partial charge in [-0.1, -0.05) is 39.8 Å². The monoisotopic (exact) mass is 595 g/mol. The number of nitrogens with one attached hydrogen (secondary N) is 1. The third-order valence-electron chi connectivity index (χ3n) is 7.78. The van der Waals surface area contributed by atoms with Crippen LogP contribution in [0, 0.1) is 10.8 Å². The summed E-state index contributed by atoms with van der Waals surface area (Å²) in [5.74, 6) is -0.270. The van der Waals surface area contributed by atoms with Crippen LogP contribution in [0.25, 0.3) is 0 Å². The summed E-state index contributed by atoms with van der Waals surface area (Å²) in [6, 6.07) is 7.43. The number of phenols is 1. The van der Waals surface area contributed by atoms with E-state index < -0.39 is 5.97 Å². The van der Waals surface area contributed by atoms with Crippen molar-refractivity contribution >= 4 is 17.9 Å². The summed E-state index contributed by atoms with van der Waals surface area (Å²) < 4.78 is 10.8. The van der Waals surface area contributed by atoms with Gasteiger partial charge in [-0.2, -0.15) is 0 Å². The molecular weight excluding hydrogens is 534 g/mol. The van der Waals surface area contributed by atoms with Crippen molar-refractivity contribution in [1.29, 1.82) is 0 Å². The molecule has 1 aliphatic rings. The second kappa shape index (κ2) is 20.3. The van der Waals surface area contributed by atoms with Crippen molar-refractivity contribution in [2.24, 2.45) is 10.8 Å². The van der Waals surface area contributed by atoms with E-state index in [-0.39, 0.29) is 28.4 Å². The molecule has 244 valence electrons. The van der Waals surface area contributed by atoms with E-state index >= 15 is 0 Å². The maximum absolute atomic E-state index is 11.8. The maximum Gasteiger partial charge on any atom is 0.312 e. The van der Waals surface area contributed by atoms with Crippen LogP contribution in [0.1, 0.15) is 126 Å². The number of quaternary nitrogens is 1. The first-order valence-corrected chi connectivity index (χ1v) is 15.4. The molecule has 1 aromatic carbocycles. The Kier molecular flexibility index (Phi) is 20.1. The number of phenolic OH excluding ortho intramolecular Hbond substituents is 1. The summed E-state index contributed by atoms with van der Waals surface area (Å²) in [6.07, 6.45) is 7.23. The molecule has 0 heterocycles. The van der Waals surface area contributed by atoms with Crippen molar-refractivity contribution in [3.63, 3.8) is 0 Å². The van der Waals surface area contributed by atoms with Gasteiger partial charge in [0.25, 0.3) is 0 Å². The van der Waals surface area contributed by atoms with Crippen LogP contribution in [0.4, 0.5) is 0 Å². The molecule has 0 bridgehead atoms. The molecular formula is C34H61NO7. The topological polar surface area (TPSA) is 117 Å². The number of carboxylic acid groups (broad SMARTS) is 1. The van der Waals surface area contributed by atoms with E-state index in [1.54, 1.807) is 12.1 Å². The van der Waals surface area contributed by atoms with E-state index in [0.29, 0.717) is 18.3 Å². The van der Waals surface area contributed by atoms with E-state index in [1.807, 2.05) is 67.8 Å². The largest absolute Gasteiger partial charge is 0.550 e. The number of aliphatic carboxylic acids is 1. The van der Waals surface area contributed by atoms with Gasteiger partial charge in [-0.25, -0.2) is 0 Å². The minimum Gasteiger partial charge on any atom is -0.550 e. The Bertz CT molecular complexity index is 897. The average Bonchev–Trinajstić information content (AvgIpc) is 3.34. The molecule has 0 radical (unpaired) electrons. The van der Waals surface area contributed by atoms with Crippen molar-refractivity contribution in [2.45, 2.75) is 126 Å². The number of carboxylic acids is 1. The molecule has 8 heteroatoms. The van der Waals surface area contributed by atoms with E-state index in [0.717, 1.165) is 45.6 Å². The molecule has 0 aliphatic heterocycles. The number of ether oxygens (including phenoxy) is 2. The number of carbonyl (C=O) groups is 3. The van der Waals surface area contributed by atoms with Gasteiger partial charge >= 0.3 is 11.9 Å². The molecule has 2 rings (SSSR count). The number of benzene rings is 1. The predicted octanol–water partition coefficient (Wildman–Crippen LogP) is 5.07. The van der Waals surface area contributed by atoms with Gasteiger partial charge < -0.3 is 29.4 Å². The number of aromatic hydroxyl groups is 1. The first-order chi connectivity index (χ1) is 19.3. The molecule has 1 saturated carbocycles. The maximum atomic E-state index is 11.8. The fourth-order valence-corrected chi connectivity index (χ4v) is 3.46. The second-order valence-corrected chi connectivity index (χ2v) is 13.0. The molecule has 0 amide bonds. The van der Waals surface area contributed by atoms with Crippen molar-refractivity contribution in [3.8, 4) is 5.75 Å². The molecule has 1 fully saturated rings. The number of hydrogen-bond acceptors (Lipinski definition) is 7. The molecule has 0 spiro atoms. The van der Waals surface area contributed by atoms with Gasteiger partial charge in [-0.15, -0.1) is 0 Å². The molecule has 1 aliphatic carbocycles. The van der Waals surface area contributed by atoms with Crippen LogP contribution in [0.15, 0.2) is 24.3 Å². The molecule has 2 N–H and O–H groups in total. The minimum atomic E-state index is -1.08. The highest BCUT2D eigenvalue weighted by Crippen LogP contribution is 2.35. The Morgan fingerprint density at radius 1 is 0.952 bits per heavy atom. The molecule has 1 atom stereocenters. The molecule has 42 heavy (non-hydrogen) atoms. The van der Waals surface area contributed by atoms with Gasteiger partial charge in [-0.3, -0.25) is 9.59 Å². The Morgan fingerprint density at radius 3 is 1.76 bits per heavy atom. The zero-order valence-electron chi connectivity index (χ0n) is 28.6. The number of carbonyl (C=O) groups excluding carboxylic acids is 3. The molecule has 8 nitrogen and oxygen atoms in total. The standard InChI is InChI=1S/C12H22O2.C10H21NO2.C10H14O.C2H4O2/c1-5-11(2,3)10(13)14-12(4)8-6-7-9-12;1-6-10(2,3)9(12)13-8-7-11(4)5;1-3-8(2)9-4-6-10(11)7-5-9;1-2(3)4/h5-9H2,1-4H3;6-8H2,1-5H3;4-8,11H,3H2,1-2H3;1H3,(H,3,4). The van der Waals surface area contributed by atoms with Gasteiger partial charge in [-0.05, 0) is 110 Å². The van der Waals surface area contributed by atoms with Crippen LogP contribution >= 0.6 is 0 Å². The third kappa shape index (κ3) is 18.7. The van der Waals surface area contributed by atoms with Crippen molar-refractivity contribution in [3.05, 3.63) is 29.8 Å². The van der Waals surface area contributed by atoms with Crippen molar-refractivity contribution in [2.75, 3.05) is 27.2 Å².